The van der Waals surface area contributed by atoms with E-state index >= 15 is 0 Å². The van der Waals surface area contributed by atoms with Crippen LogP contribution in [-0.2, 0) is 32.9 Å². The minimum Gasteiger partial charge on any atom is -0.382 e. The largest absolute Gasteiger partial charge is 0.382 e. The SMILES string of the molecule is BC1CN(C)CC(COP(=O)(N2CCN(C(=O)CSC(C)=O)CC2)N2CC(B)OC(COC)C2)O1. The summed E-state index contributed by atoms with van der Waals surface area (Å²) < 4.78 is 42.1. The number of ether oxygens (including phenoxy) is 3. The Bertz CT molecular complexity index is 770. The lowest BCUT2D eigenvalue weighted by Crippen LogP contribution is -2.54. The summed E-state index contributed by atoms with van der Waals surface area (Å²) >= 11 is 1.02. The molecule has 3 aliphatic heterocycles. The maximum Gasteiger partial charge on any atom is 0.346 e. The maximum absolute atomic E-state index is 14.6. The first-order chi connectivity index (χ1) is 16.6. The minimum atomic E-state index is -3.43. The molecule has 3 heterocycles. The van der Waals surface area contributed by atoms with Crippen LogP contribution in [0, 0.1) is 0 Å². The van der Waals surface area contributed by atoms with Crippen LogP contribution in [0.15, 0.2) is 0 Å². The summed E-state index contributed by atoms with van der Waals surface area (Å²) in [4.78, 5) is 27.6. The highest BCUT2D eigenvalue weighted by atomic mass is 32.2. The van der Waals surface area contributed by atoms with Crippen LogP contribution >= 0.6 is 19.4 Å². The lowest BCUT2D eigenvalue weighted by Gasteiger charge is -2.46. The number of carbonyl (C=O) groups excluding carboxylic acids is 2. The molecule has 3 saturated heterocycles. The van der Waals surface area contributed by atoms with Crippen molar-refractivity contribution in [3.63, 3.8) is 0 Å². The highest BCUT2D eigenvalue weighted by Gasteiger charge is 2.45. The van der Waals surface area contributed by atoms with Gasteiger partial charge in [0.25, 0.3) is 0 Å². The first-order valence-corrected chi connectivity index (χ1v) is 14.8. The summed E-state index contributed by atoms with van der Waals surface area (Å²) in [6, 6.07) is -0.0389. The smallest absolute Gasteiger partial charge is 0.346 e. The Kier molecular flexibility index (Phi) is 11.1. The molecule has 5 atom stereocenters. The van der Waals surface area contributed by atoms with Crippen molar-refractivity contribution in [2.45, 2.75) is 31.1 Å². The van der Waals surface area contributed by atoms with Gasteiger partial charge in [-0.05, 0) is 7.05 Å². The minimum absolute atomic E-state index is 0.0756. The summed E-state index contributed by atoms with van der Waals surface area (Å²) in [6.45, 7) is 6.30. The number of morpholine rings is 2. The van der Waals surface area contributed by atoms with Crippen LogP contribution in [0.1, 0.15) is 6.92 Å². The van der Waals surface area contributed by atoms with Gasteiger partial charge in [0.2, 0.25) is 5.91 Å². The summed E-state index contributed by atoms with van der Waals surface area (Å²) in [5, 5.41) is -0.0770. The van der Waals surface area contributed by atoms with E-state index in [9.17, 15) is 14.2 Å². The van der Waals surface area contributed by atoms with Crippen LogP contribution in [0.3, 0.4) is 0 Å². The molecule has 3 fully saturated rings. The molecule has 0 aromatic heterocycles. The molecule has 3 aliphatic rings. The number of methoxy groups -OCH3 is 1. The van der Waals surface area contributed by atoms with Gasteiger partial charge in [0.15, 0.2) is 5.12 Å². The third-order valence-corrected chi connectivity index (χ3v) is 9.76. The molecule has 0 radical (unpaired) electrons. The third kappa shape index (κ3) is 8.28. The molecule has 15 heteroatoms. The average molecular weight is 532 g/mol. The molecule has 0 N–H and O–H groups in total. The Balaban J connectivity index is 1.70. The number of piperazine rings is 1. The van der Waals surface area contributed by atoms with E-state index in [1.807, 2.05) is 32.1 Å². The lowest BCUT2D eigenvalue weighted by atomic mass is 9.98. The number of nitrogens with zero attached hydrogens (tertiary/aromatic N) is 4. The highest BCUT2D eigenvalue weighted by Crippen LogP contribution is 2.55. The van der Waals surface area contributed by atoms with Gasteiger partial charge in [-0.15, -0.1) is 0 Å². The number of rotatable bonds is 9. The van der Waals surface area contributed by atoms with E-state index in [-0.39, 0.29) is 47.6 Å². The van der Waals surface area contributed by atoms with E-state index in [2.05, 4.69) is 4.90 Å². The molecule has 0 aromatic rings. The van der Waals surface area contributed by atoms with Gasteiger partial charge in [-0.3, -0.25) is 14.2 Å². The van der Waals surface area contributed by atoms with E-state index in [1.165, 1.54) is 6.92 Å². The Hall–Kier alpha value is -0.430. The Morgan fingerprint density at radius 3 is 2.20 bits per heavy atom. The van der Waals surface area contributed by atoms with Gasteiger partial charge in [-0.2, -0.15) is 0 Å². The molecule has 198 valence electrons. The quantitative estimate of drug-likeness (QED) is 0.247. The van der Waals surface area contributed by atoms with Gasteiger partial charge in [0.1, 0.15) is 15.7 Å². The van der Waals surface area contributed by atoms with Crippen molar-refractivity contribution in [2.24, 2.45) is 0 Å². The summed E-state index contributed by atoms with van der Waals surface area (Å²) in [5.74, 6) is 0.0573. The second-order valence-electron chi connectivity index (χ2n) is 9.59. The summed E-state index contributed by atoms with van der Waals surface area (Å²) in [6.07, 6.45) is -0.374. The first-order valence-electron chi connectivity index (χ1n) is 12.3. The van der Waals surface area contributed by atoms with Gasteiger partial charge in [0, 0.05) is 78.4 Å². The molecule has 0 spiro atoms. The lowest BCUT2D eigenvalue weighted by molar-refractivity contribution is -0.129. The van der Waals surface area contributed by atoms with Crippen molar-refractivity contribution < 1.29 is 32.9 Å². The third-order valence-electron chi connectivity index (χ3n) is 6.32. The van der Waals surface area contributed by atoms with Gasteiger partial charge < -0.3 is 28.5 Å². The molecule has 1 amide bonds. The molecular weight excluding hydrogens is 493 g/mol. The number of hydrogen-bond donors (Lipinski definition) is 0. The summed E-state index contributed by atoms with van der Waals surface area (Å²) in [5.41, 5.74) is 0. The first kappa shape index (κ1) is 29.1. The van der Waals surface area contributed by atoms with E-state index in [0.29, 0.717) is 52.4 Å². The van der Waals surface area contributed by atoms with Gasteiger partial charge >= 0.3 is 7.67 Å². The van der Waals surface area contributed by atoms with E-state index in [4.69, 9.17) is 18.7 Å². The van der Waals surface area contributed by atoms with Gasteiger partial charge in [-0.1, -0.05) is 11.8 Å². The summed E-state index contributed by atoms with van der Waals surface area (Å²) in [7, 11) is 4.24. The van der Waals surface area contributed by atoms with Crippen LogP contribution in [0.4, 0.5) is 0 Å². The monoisotopic (exact) mass is 532 g/mol. The molecule has 0 aromatic carbocycles. The number of hydrogen-bond acceptors (Lipinski definition) is 9. The van der Waals surface area contributed by atoms with Gasteiger partial charge in [0.05, 0.1) is 31.2 Å². The normalized spacial score (nSPS) is 31.2. The fraction of sp³-hybridized carbons (Fsp3) is 0.900. The predicted octanol–water partition coefficient (Wildman–Crippen LogP) is -1.87. The van der Waals surface area contributed by atoms with Crippen molar-refractivity contribution >= 4 is 46.1 Å². The predicted molar refractivity (Wildman–Crippen MR) is 140 cm³/mol. The zero-order valence-electron chi connectivity index (χ0n) is 21.6. The van der Waals surface area contributed by atoms with E-state index in [0.717, 1.165) is 18.3 Å². The number of likely N-dealkylation sites (N-methyl/N-ethyl adjacent to an activating group) is 1. The van der Waals surface area contributed by atoms with E-state index < -0.39 is 7.67 Å². The molecule has 11 nitrogen and oxygen atoms in total. The molecule has 0 bridgehead atoms. The van der Waals surface area contributed by atoms with E-state index in [1.54, 1.807) is 12.0 Å². The van der Waals surface area contributed by atoms with Crippen molar-refractivity contribution in [2.75, 3.05) is 85.5 Å². The van der Waals surface area contributed by atoms with Crippen LogP contribution < -0.4 is 0 Å². The topological polar surface area (TPSA) is 101 Å². The number of thioether (sulfide) groups is 1. The number of carbonyl (C=O) groups is 2. The highest BCUT2D eigenvalue weighted by molar-refractivity contribution is 8.14. The zero-order chi connectivity index (χ0) is 25.6. The van der Waals surface area contributed by atoms with Crippen molar-refractivity contribution in [3.05, 3.63) is 0 Å². The molecule has 0 saturated carbocycles. The zero-order valence-corrected chi connectivity index (χ0v) is 23.3. The Morgan fingerprint density at radius 2 is 1.60 bits per heavy atom. The second kappa shape index (κ2) is 13.4. The van der Waals surface area contributed by atoms with Crippen LogP contribution in [0.5, 0.6) is 0 Å². The van der Waals surface area contributed by atoms with Crippen LogP contribution in [-0.4, -0.2) is 156 Å². The molecule has 5 unspecified atom stereocenters. The standard InChI is InChI=1S/C20H39B2N4O7PS/c1-15(27)35-14-20(28)24-4-6-25(7-5-24)34(29,26-9-17(12-30-3)33-19(22)11-26)31-13-16-8-23(2)10-18(21)32-16/h16-19H,4-14,21-22H2,1-3H3. The fourth-order valence-corrected chi connectivity index (χ4v) is 7.91. The van der Waals surface area contributed by atoms with Crippen molar-refractivity contribution in [1.29, 1.82) is 0 Å². The molecule has 35 heavy (non-hydrogen) atoms. The van der Waals surface area contributed by atoms with Crippen LogP contribution in [0.25, 0.3) is 0 Å². The molecule has 0 aliphatic carbocycles. The van der Waals surface area contributed by atoms with Crippen molar-refractivity contribution in [3.8, 4) is 0 Å². The molecule has 3 rings (SSSR count). The fourth-order valence-electron chi connectivity index (χ4n) is 4.85. The Labute approximate surface area is 214 Å². The average Bonchev–Trinajstić information content (AvgIpc) is 2.80. The van der Waals surface area contributed by atoms with Crippen molar-refractivity contribution in [1.82, 2.24) is 19.1 Å². The van der Waals surface area contributed by atoms with Gasteiger partial charge in [-0.25, -0.2) is 9.34 Å². The number of amides is 1. The van der Waals surface area contributed by atoms with Crippen LogP contribution in [0.2, 0.25) is 0 Å². The Morgan fingerprint density at radius 1 is 0.971 bits per heavy atom. The second-order valence-corrected chi connectivity index (χ2v) is 13.1. The maximum atomic E-state index is 14.6. The molecular formula is C20H39B2N4O7PS.